The van der Waals surface area contributed by atoms with Gasteiger partial charge in [0.25, 0.3) is 0 Å². The molecular formula is C12H11KP+. The summed E-state index contributed by atoms with van der Waals surface area (Å²) in [6.45, 7) is 0. The Labute approximate surface area is 129 Å². The Hall–Kier alpha value is 0.506. The van der Waals surface area contributed by atoms with Gasteiger partial charge >= 0.3 is 51.4 Å². The molecule has 14 heavy (non-hydrogen) atoms. The van der Waals surface area contributed by atoms with Crippen molar-refractivity contribution in [2.24, 2.45) is 0 Å². The molecule has 0 N–H and O–H groups in total. The van der Waals surface area contributed by atoms with E-state index in [0.717, 1.165) is 8.58 Å². The standard InChI is InChI=1S/C12H11P.K/c1-3-7-11(8-4-1)13-12-9-5-2-6-10-12;/h1-10,13H;/q;+1. The van der Waals surface area contributed by atoms with Crippen molar-refractivity contribution in [3.63, 3.8) is 0 Å². The van der Waals surface area contributed by atoms with E-state index in [1.54, 1.807) is 0 Å². The van der Waals surface area contributed by atoms with Gasteiger partial charge in [-0.2, -0.15) is 0 Å². The van der Waals surface area contributed by atoms with Gasteiger partial charge in [-0.25, -0.2) is 0 Å². The number of rotatable bonds is 2. The van der Waals surface area contributed by atoms with E-state index in [1.807, 2.05) is 0 Å². The monoisotopic (exact) mass is 225 g/mol. The third-order valence-electron chi connectivity index (χ3n) is 1.84. The molecule has 0 unspecified atom stereocenters. The second kappa shape index (κ2) is 6.89. The summed E-state index contributed by atoms with van der Waals surface area (Å²) in [5.41, 5.74) is 0. The molecule has 2 aromatic rings. The van der Waals surface area contributed by atoms with E-state index < -0.39 is 0 Å². The molecule has 0 amide bonds. The third kappa shape index (κ3) is 3.94. The predicted octanol–water partition coefficient (Wildman–Crippen LogP) is -0.680. The normalized spacial score (nSPS) is 9.14. The molecule has 0 radical (unpaired) electrons. The van der Waals surface area contributed by atoms with Crippen LogP contribution in [0.2, 0.25) is 0 Å². The maximum Gasteiger partial charge on any atom is 1.00 e. The van der Waals surface area contributed by atoms with Gasteiger partial charge in [-0.05, 0) is 10.6 Å². The van der Waals surface area contributed by atoms with Gasteiger partial charge in [0, 0.05) is 0 Å². The van der Waals surface area contributed by atoms with Crippen molar-refractivity contribution in [2.45, 2.75) is 0 Å². The van der Waals surface area contributed by atoms with Crippen LogP contribution >= 0.6 is 8.58 Å². The SMILES string of the molecule is [K+].c1ccc(Pc2ccccc2)cc1. The van der Waals surface area contributed by atoms with Gasteiger partial charge in [-0.1, -0.05) is 69.2 Å². The van der Waals surface area contributed by atoms with Gasteiger partial charge in [-0.15, -0.1) is 0 Å². The van der Waals surface area contributed by atoms with Gasteiger partial charge in [0.1, 0.15) is 0 Å². The zero-order chi connectivity index (χ0) is 8.93. The summed E-state index contributed by atoms with van der Waals surface area (Å²) in [6.07, 6.45) is 0. The van der Waals surface area contributed by atoms with E-state index in [0.29, 0.717) is 0 Å². The quantitative estimate of drug-likeness (QED) is 0.469. The largest absolute Gasteiger partial charge is 1.00 e. The Morgan fingerprint density at radius 2 is 0.929 bits per heavy atom. The van der Waals surface area contributed by atoms with Crippen molar-refractivity contribution in [1.82, 2.24) is 0 Å². The van der Waals surface area contributed by atoms with E-state index >= 15 is 0 Å². The molecule has 0 atom stereocenters. The summed E-state index contributed by atoms with van der Waals surface area (Å²) in [4.78, 5) is 0. The molecular weight excluding hydrogens is 214 g/mol. The zero-order valence-corrected chi connectivity index (χ0v) is 12.4. The Morgan fingerprint density at radius 3 is 1.29 bits per heavy atom. The number of hydrogen-bond acceptors (Lipinski definition) is 0. The first-order chi connectivity index (χ1) is 6.45. The first kappa shape index (κ1) is 12.6. The number of benzene rings is 2. The van der Waals surface area contributed by atoms with Crippen molar-refractivity contribution in [2.75, 3.05) is 0 Å². The first-order valence-electron chi connectivity index (χ1n) is 4.32. The van der Waals surface area contributed by atoms with Gasteiger partial charge in [-0.3, -0.25) is 0 Å². The van der Waals surface area contributed by atoms with Gasteiger partial charge in [0.2, 0.25) is 0 Å². The van der Waals surface area contributed by atoms with E-state index in [4.69, 9.17) is 0 Å². The molecule has 2 heteroatoms. The summed E-state index contributed by atoms with van der Waals surface area (Å²) < 4.78 is 0. The van der Waals surface area contributed by atoms with Crippen LogP contribution in [0.15, 0.2) is 60.7 Å². The maximum atomic E-state index is 2.17. The van der Waals surface area contributed by atoms with Gasteiger partial charge in [0.05, 0.1) is 0 Å². The first-order valence-corrected chi connectivity index (χ1v) is 5.32. The van der Waals surface area contributed by atoms with Crippen LogP contribution in [-0.2, 0) is 0 Å². The van der Waals surface area contributed by atoms with Crippen LogP contribution in [0.5, 0.6) is 0 Å². The van der Waals surface area contributed by atoms with Crippen LogP contribution in [0.4, 0.5) is 0 Å². The summed E-state index contributed by atoms with van der Waals surface area (Å²) in [5, 5.41) is 2.79. The van der Waals surface area contributed by atoms with Gasteiger partial charge < -0.3 is 0 Å². The van der Waals surface area contributed by atoms with Crippen LogP contribution in [0, 0.1) is 0 Å². The van der Waals surface area contributed by atoms with Gasteiger partial charge in [0.15, 0.2) is 0 Å². The molecule has 0 saturated carbocycles. The average Bonchev–Trinajstić information content (AvgIpc) is 2.21. The molecule has 0 aliphatic carbocycles. The maximum absolute atomic E-state index is 2.17. The van der Waals surface area contributed by atoms with Crippen LogP contribution in [0.25, 0.3) is 0 Å². The minimum Gasteiger partial charge on any atom is -0.0622 e. The summed E-state index contributed by atoms with van der Waals surface area (Å²) >= 11 is 0. The fraction of sp³-hybridized carbons (Fsp3) is 0. The minimum absolute atomic E-state index is 0. The Balaban J connectivity index is 0.000000980. The molecule has 0 aliphatic rings. The van der Waals surface area contributed by atoms with Crippen LogP contribution in [0.1, 0.15) is 0 Å². The van der Waals surface area contributed by atoms with E-state index in [9.17, 15) is 0 Å². The number of hydrogen-bond donors (Lipinski definition) is 0. The Kier molecular flexibility index (Phi) is 6.19. The Bertz CT molecular complexity index is 321. The predicted molar refractivity (Wildman–Crippen MR) is 60.5 cm³/mol. The fourth-order valence-corrected chi connectivity index (χ4v) is 2.26. The molecule has 2 aromatic carbocycles. The Morgan fingerprint density at radius 1 is 0.571 bits per heavy atom. The van der Waals surface area contributed by atoms with Crippen LogP contribution in [-0.4, -0.2) is 0 Å². The summed E-state index contributed by atoms with van der Waals surface area (Å²) in [7, 11) is 0.777. The molecule has 0 aromatic heterocycles. The average molecular weight is 225 g/mol. The molecule has 0 fully saturated rings. The minimum atomic E-state index is 0. The van der Waals surface area contributed by atoms with E-state index in [2.05, 4.69) is 60.7 Å². The molecule has 0 nitrogen and oxygen atoms in total. The van der Waals surface area contributed by atoms with Crippen LogP contribution in [0.3, 0.4) is 0 Å². The molecule has 64 valence electrons. The second-order valence-corrected chi connectivity index (χ2v) is 4.26. The van der Waals surface area contributed by atoms with Crippen molar-refractivity contribution in [3.05, 3.63) is 60.7 Å². The molecule has 2 rings (SSSR count). The zero-order valence-electron chi connectivity index (χ0n) is 8.27. The van der Waals surface area contributed by atoms with Crippen LogP contribution < -0.4 is 62.0 Å². The van der Waals surface area contributed by atoms with Crippen molar-refractivity contribution < 1.29 is 51.4 Å². The topological polar surface area (TPSA) is 0 Å². The second-order valence-electron chi connectivity index (χ2n) is 2.86. The molecule has 0 saturated heterocycles. The summed E-state index contributed by atoms with van der Waals surface area (Å²) in [6, 6.07) is 21.2. The molecule has 0 aliphatic heterocycles. The fourth-order valence-electron chi connectivity index (χ4n) is 1.21. The van der Waals surface area contributed by atoms with Crippen molar-refractivity contribution >= 4 is 19.2 Å². The molecule has 0 heterocycles. The molecule has 0 bridgehead atoms. The smallest absolute Gasteiger partial charge is 0.0622 e. The van der Waals surface area contributed by atoms with Crippen molar-refractivity contribution in [1.29, 1.82) is 0 Å². The van der Waals surface area contributed by atoms with Crippen molar-refractivity contribution in [3.8, 4) is 0 Å². The van der Waals surface area contributed by atoms with E-state index in [1.165, 1.54) is 10.6 Å². The third-order valence-corrected chi connectivity index (χ3v) is 3.08. The van der Waals surface area contributed by atoms with E-state index in [-0.39, 0.29) is 51.4 Å². The summed E-state index contributed by atoms with van der Waals surface area (Å²) in [5.74, 6) is 0. The molecule has 0 spiro atoms.